The van der Waals surface area contributed by atoms with Crippen molar-refractivity contribution >= 4 is 75.7 Å². The van der Waals surface area contributed by atoms with Gasteiger partial charge in [0.25, 0.3) is 5.91 Å². The molecule has 4 aromatic rings. The number of likely N-dealkylation sites (tertiary alicyclic amines) is 1. The van der Waals surface area contributed by atoms with Gasteiger partial charge < -0.3 is 30.5 Å². The third-order valence-corrected chi connectivity index (χ3v) is 13.1. The van der Waals surface area contributed by atoms with Crippen molar-refractivity contribution in [2.75, 3.05) is 36.1 Å². The van der Waals surface area contributed by atoms with Crippen molar-refractivity contribution in [3.63, 3.8) is 0 Å². The van der Waals surface area contributed by atoms with Gasteiger partial charge in [0.1, 0.15) is 29.8 Å². The van der Waals surface area contributed by atoms with Crippen molar-refractivity contribution in [2.24, 2.45) is 5.41 Å². The average molecular weight is 1000 g/mol. The lowest BCUT2D eigenvalue weighted by atomic mass is 9.85. The molecule has 21 heteroatoms. The van der Waals surface area contributed by atoms with Gasteiger partial charge in [0.2, 0.25) is 23.6 Å². The topological polar surface area (TPSA) is 190 Å². The van der Waals surface area contributed by atoms with Crippen LogP contribution in [0.1, 0.15) is 88.4 Å². The highest BCUT2D eigenvalue weighted by Crippen LogP contribution is 2.42. The van der Waals surface area contributed by atoms with E-state index in [1.54, 1.807) is 16.2 Å². The molecule has 2 aromatic heterocycles. The number of pyridine rings is 1. The largest absolute Gasteiger partial charge is 0.420 e. The summed E-state index contributed by atoms with van der Waals surface area (Å²) in [7, 11) is 0. The van der Waals surface area contributed by atoms with Gasteiger partial charge in [-0.15, -0.1) is 11.3 Å². The lowest BCUT2D eigenvalue weighted by molar-refractivity contribution is -0.144. The molecule has 0 aliphatic carbocycles. The number of ether oxygens (including phenoxy) is 1. The molecule has 2 atom stereocenters. The summed E-state index contributed by atoms with van der Waals surface area (Å²) < 4.78 is 62.1. The summed E-state index contributed by atoms with van der Waals surface area (Å²) >= 11 is 7.05. The molecule has 3 N–H and O–H groups in total. The van der Waals surface area contributed by atoms with E-state index in [0.717, 1.165) is 33.8 Å². The fraction of sp³-hybridized carbons (Fsp3) is 0.408. The Balaban J connectivity index is 0.915. The second-order valence-electron chi connectivity index (χ2n) is 18.3. The summed E-state index contributed by atoms with van der Waals surface area (Å²) in [6.07, 6.45) is 1.04. The number of thiazole rings is 1. The number of benzene rings is 2. The Morgan fingerprint density at radius 2 is 1.77 bits per heavy atom. The molecule has 5 amide bonds. The first-order chi connectivity index (χ1) is 33.0. The number of nitrogens with one attached hydrogen (secondary N) is 3. The number of carbonyl (C=O) groups is 5. The van der Waals surface area contributed by atoms with Crippen LogP contribution >= 0.6 is 23.6 Å². The predicted octanol–water partition coefficient (Wildman–Crippen LogP) is 7.22. The van der Waals surface area contributed by atoms with E-state index in [1.807, 2.05) is 57.5 Å². The summed E-state index contributed by atoms with van der Waals surface area (Å²) in [5, 5.41) is 17.4. The number of carbonyl (C=O) groups excluding carboxylic acids is 5. The van der Waals surface area contributed by atoms with E-state index in [9.17, 15) is 37.1 Å². The van der Waals surface area contributed by atoms with Gasteiger partial charge in [0.05, 0.1) is 51.0 Å². The molecule has 2 aliphatic rings. The van der Waals surface area contributed by atoms with Crippen molar-refractivity contribution in [2.45, 2.75) is 97.6 Å². The number of aromatic nitrogens is 2. The average Bonchev–Trinajstić information content (AvgIpc) is 4.02. The lowest BCUT2D eigenvalue weighted by Gasteiger charge is -2.35. The van der Waals surface area contributed by atoms with Gasteiger partial charge >= 0.3 is 6.18 Å². The SMILES string of the molecule is Cc1ncsc1-c1ccc(CNC(=O)C2CCCN2C(=O)C(NC(=O)COCCCCNC(=O)/C=C/c2ccc(N3C(=S)N(c4ccc(C#N)c(C(F)(F)F)c4F)C(=O)C3(C)C)cn2)C(C)(C)C)cc1. The van der Waals surface area contributed by atoms with E-state index < -0.39 is 69.6 Å². The number of rotatable bonds is 17. The normalized spacial score (nSPS) is 16.4. The summed E-state index contributed by atoms with van der Waals surface area (Å²) in [4.78, 5) is 79.6. The highest BCUT2D eigenvalue weighted by molar-refractivity contribution is 7.81. The van der Waals surface area contributed by atoms with Crippen LogP contribution in [0.5, 0.6) is 0 Å². The summed E-state index contributed by atoms with van der Waals surface area (Å²) in [5.74, 6) is -4.10. The Morgan fingerprint density at radius 3 is 2.40 bits per heavy atom. The van der Waals surface area contributed by atoms with Crippen LogP contribution in [0.25, 0.3) is 16.5 Å². The highest BCUT2D eigenvalue weighted by Gasteiger charge is 2.52. The molecule has 2 aliphatic heterocycles. The zero-order chi connectivity index (χ0) is 51.1. The lowest BCUT2D eigenvalue weighted by Crippen LogP contribution is -2.58. The maximum Gasteiger partial charge on any atom is 0.420 e. The van der Waals surface area contributed by atoms with E-state index in [-0.39, 0.29) is 35.8 Å². The van der Waals surface area contributed by atoms with Crippen molar-refractivity contribution in [3.05, 3.63) is 100 Å². The Bertz CT molecular complexity index is 2700. The van der Waals surface area contributed by atoms with Gasteiger partial charge in [-0.2, -0.15) is 18.4 Å². The molecule has 0 spiro atoms. The third kappa shape index (κ3) is 12.0. The smallest absolute Gasteiger partial charge is 0.372 e. The molecule has 4 heterocycles. The molecule has 2 saturated heterocycles. The Labute approximate surface area is 412 Å². The van der Waals surface area contributed by atoms with Crippen molar-refractivity contribution in [1.82, 2.24) is 30.8 Å². The second-order valence-corrected chi connectivity index (χ2v) is 19.5. The van der Waals surface area contributed by atoms with Crippen LogP contribution < -0.4 is 25.8 Å². The third-order valence-electron chi connectivity index (χ3n) is 11.8. The molecule has 6 rings (SSSR count). The molecule has 370 valence electrons. The van der Waals surface area contributed by atoms with Gasteiger partial charge in [0.15, 0.2) is 10.9 Å². The van der Waals surface area contributed by atoms with Gasteiger partial charge in [-0.25, -0.2) is 9.37 Å². The molecule has 0 radical (unpaired) electrons. The van der Waals surface area contributed by atoms with Gasteiger partial charge in [-0.05, 0) is 106 Å². The van der Waals surface area contributed by atoms with Crippen molar-refractivity contribution < 1.29 is 46.3 Å². The summed E-state index contributed by atoms with van der Waals surface area (Å²) in [6.45, 7) is 11.3. The maximum absolute atomic E-state index is 15.4. The van der Waals surface area contributed by atoms with Crippen LogP contribution in [0.4, 0.5) is 28.9 Å². The molecule has 70 heavy (non-hydrogen) atoms. The minimum absolute atomic E-state index is 0.211. The molecule has 2 aromatic carbocycles. The minimum Gasteiger partial charge on any atom is -0.372 e. The number of hydrogen-bond donors (Lipinski definition) is 3. The monoisotopic (exact) mass is 1000 g/mol. The quantitative estimate of drug-likeness (QED) is 0.0419. The highest BCUT2D eigenvalue weighted by atomic mass is 32.1. The number of aryl methyl sites for hydroxylation is 1. The van der Waals surface area contributed by atoms with E-state index in [4.69, 9.17) is 22.2 Å². The molecule has 0 saturated carbocycles. The van der Waals surface area contributed by atoms with Gasteiger partial charge in [-0.3, -0.25) is 33.9 Å². The Kier molecular flexibility index (Phi) is 16.6. The van der Waals surface area contributed by atoms with Gasteiger partial charge in [-0.1, -0.05) is 45.0 Å². The number of anilines is 2. The number of alkyl halides is 3. The van der Waals surface area contributed by atoms with Gasteiger partial charge in [0, 0.05) is 32.3 Å². The zero-order valence-electron chi connectivity index (χ0n) is 39.4. The first kappa shape index (κ1) is 52.7. The van der Waals surface area contributed by atoms with Crippen LogP contribution in [0.15, 0.2) is 66.3 Å². The maximum atomic E-state index is 15.4. The van der Waals surface area contributed by atoms with E-state index in [2.05, 4.69) is 25.9 Å². The summed E-state index contributed by atoms with van der Waals surface area (Å²) in [6, 6.07) is 12.4. The number of nitrogens with zero attached hydrogens (tertiary/aromatic N) is 6. The fourth-order valence-corrected chi connectivity index (χ4v) is 9.41. The fourth-order valence-electron chi connectivity index (χ4n) is 8.08. The number of amides is 5. The van der Waals surface area contributed by atoms with E-state index in [0.29, 0.717) is 55.9 Å². The Morgan fingerprint density at radius 1 is 1.04 bits per heavy atom. The number of unbranched alkanes of at least 4 members (excludes halogenated alkanes) is 1. The molecule has 2 unspecified atom stereocenters. The van der Waals surface area contributed by atoms with Crippen LogP contribution in [0, 0.1) is 29.5 Å². The summed E-state index contributed by atoms with van der Waals surface area (Å²) in [5.41, 5.74) is -0.269. The minimum atomic E-state index is -5.21. The molecule has 15 nitrogen and oxygen atoms in total. The second kappa shape index (κ2) is 22.0. The van der Waals surface area contributed by atoms with E-state index in [1.165, 1.54) is 55.3 Å². The van der Waals surface area contributed by atoms with Crippen LogP contribution in [0.3, 0.4) is 0 Å². The number of nitriles is 1. The van der Waals surface area contributed by atoms with Crippen molar-refractivity contribution in [3.8, 4) is 16.5 Å². The van der Waals surface area contributed by atoms with Crippen LogP contribution in [-0.2, 0) is 41.4 Å². The van der Waals surface area contributed by atoms with Crippen molar-refractivity contribution in [1.29, 1.82) is 5.26 Å². The van der Waals surface area contributed by atoms with Crippen LogP contribution in [-0.4, -0.2) is 93.4 Å². The number of hydrogen-bond acceptors (Lipinski definition) is 11. The molecular formula is C49H53F4N9O6S2. The number of halogens is 4. The first-order valence-electron chi connectivity index (χ1n) is 22.4. The van der Waals surface area contributed by atoms with Crippen LogP contribution in [0.2, 0.25) is 0 Å². The molecule has 2 fully saturated rings. The predicted molar refractivity (Wildman–Crippen MR) is 259 cm³/mol. The standard InChI is InChI=1S/C49H53F4N9O6S2/c1-29-41(70-28-58-29)31-13-11-30(12-14-31)25-57-43(65)36-10-9-22-60(36)44(66)42(47(2,3)4)59-38(64)27-68-23-8-7-21-55-37(63)20-17-33-16-18-34(26-56-33)62-46(69)61(45(67)48(62,5)6)35-19-15-32(24-54)39(40(35)50)49(51,52)53/h11-20,26,28,36,42H,7-10,21-23,25,27H2,1-6H3,(H,55,63)(H,57,65)(H,59,64)/b20-17+. The first-order valence-corrected chi connectivity index (χ1v) is 23.7. The zero-order valence-corrected chi connectivity index (χ0v) is 41.0. The molecular weight excluding hydrogens is 951 g/mol. The number of thiocarbonyl (C=S) groups is 1. The molecule has 0 bridgehead atoms. The Hall–Kier alpha value is -6.63. The van der Waals surface area contributed by atoms with E-state index >= 15 is 4.39 Å².